The second-order valence-electron chi connectivity index (χ2n) is 2.80. The highest BCUT2D eigenvalue weighted by Gasteiger charge is 2.34. The van der Waals surface area contributed by atoms with E-state index in [0.717, 1.165) is 11.8 Å². The van der Waals surface area contributed by atoms with Gasteiger partial charge in [0.05, 0.1) is 0 Å². The van der Waals surface area contributed by atoms with Crippen LogP contribution in [0.2, 0.25) is 0 Å². The fourth-order valence-electron chi connectivity index (χ4n) is 1.68. The van der Waals surface area contributed by atoms with Crippen molar-refractivity contribution < 1.29 is 0 Å². The zero-order valence-electron chi connectivity index (χ0n) is 4.93. The average Bonchev–Trinajstić information content (AvgIpc) is 2.09. The summed E-state index contributed by atoms with van der Waals surface area (Å²) in [6.45, 7) is 3.96. The number of hydrogen-bond acceptors (Lipinski definition) is 0. The highest BCUT2D eigenvalue weighted by Crippen LogP contribution is 2.45. The summed E-state index contributed by atoms with van der Waals surface area (Å²) in [4.78, 5) is 0. The Bertz CT molecular complexity index is 153. The molecule has 0 aliphatic heterocycles. The van der Waals surface area contributed by atoms with Gasteiger partial charge in [0, 0.05) is 0 Å². The maximum atomic E-state index is 3.96. The van der Waals surface area contributed by atoms with Crippen molar-refractivity contribution >= 4 is 0 Å². The van der Waals surface area contributed by atoms with Crippen molar-refractivity contribution in [2.24, 2.45) is 11.8 Å². The van der Waals surface area contributed by atoms with E-state index in [1.54, 1.807) is 0 Å². The van der Waals surface area contributed by atoms with Crippen LogP contribution in [0.1, 0.15) is 12.8 Å². The van der Waals surface area contributed by atoms with Crippen LogP contribution < -0.4 is 0 Å². The van der Waals surface area contributed by atoms with Crippen molar-refractivity contribution in [3.63, 3.8) is 0 Å². The number of rotatable bonds is 0. The van der Waals surface area contributed by atoms with Crippen LogP contribution in [0.5, 0.6) is 0 Å². The van der Waals surface area contributed by atoms with Gasteiger partial charge >= 0.3 is 0 Å². The highest BCUT2D eigenvalue weighted by molar-refractivity contribution is 5.24. The predicted molar refractivity (Wildman–Crippen MR) is 34.5 cm³/mol. The highest BCUT2D eigenvalue weighted by atomic mass is 14.4. The van der Waals surface area contributed by atoms with E-state index in [1.165, 1.54) is 18.4 Å². The van der Waals surface area contributed by atoms with E-state index >= 15 is 0 Å². The summed E-state index contributed by atoms with van der Waals surface area (Å²) in [5.74, 6) is 1.75. The molecule has 0 N–H and O–H groups in total. The third-order valence-electron chi connectivity index (χ3n) is 2.31. The molecule has 0 aromatic carbocycles. The predicted octanol–water partition coefficient (Wildman–Crippen LogP) is 2.14. The third-order valence-corrected chi connectivity index (χ3v) is 2.31. The van der Waals surface area contributed by atoms with Crippen LogP contribution in [0, 0.1) is 11.8 Å². The Morgan fingerprint density at radius 3 is 3.00 bits per heavy atom. The molecule has 0 aromatic rings. The van der Waals surface area contributed by atoms with Gasteiger partial charge in [-0.05, 0) is 24.7 Å². The summed E-state index contributed by atoms with van der Waals surface area (Å²) < 4.78 is 0. The molecule has 0 radical (unpaired) electrons. The first-order valence-corrected chi connectivity index (χ1v) is 3.22. The van der Waals surface area contributed by atoms with Crippen LogP contribution in [0.15, 0.2) is 24.3 Å². The summed E-state index contributed by atoms with van der Waals surface area (Å²) in [5, 5.41) is 0. The minimum absolute atomic E-state index is 0.856. The van der Waals surface area contributed by atoms with E-state index in [1.807, 2.05) is 0 Å². The van der Waals surface area contributed by atoms with Crippen LogP contribution in [0.3, 0.4) is 0 Å². The molecule has 0 saturated heterocycles. The molecule has 2 aliphatic rings. The fourth-order valence-corrected chi connectivity index (χ4v) is 1.68. The smallest absolute Gasteiger partial charge is 0.0105 e. The van der Waals surface area contributed by atoms with Crippen molar-refractivity contribution in [1.82, 2.24) is 0 Å². The van der Waals surface area contributed by atoms with Crippen LogP contribution in [0.4, 0.5) is 0 Å². The molecule has 8 heavy (non-hydrogen) atoms. The first-order chi connectivity index (χ1) is 3.88. The number of allylic oxidation sites excluding steroid dienone is 3. The molecule has 2 atom stereocenters. The molecule has 1 saturated carbocycles. The normalized spacial score (nSPS) is 41.8. The minimum atomic E-state index is 0.856. The maximum Gasteiger partial charge on any atom is -0.0105 e. The molecule has 1 fully saturated rings. The second kappa shape index (κ2) is 1.25. The molecular weight excluding hydrogens is 96.1 g/mol. The molecule has 0 spiro atoms. The first-order valence-electron chi connectivity index (χ1n) is 3.22. The van der Waals surface area contributed by atoms with Gasteiger partial charge in [-0.1, -0.05) is 24.3 Å². The number of fused-ring (bicyclic) bond motifs is 1. The lowest BCUT2D eigenvalue weighted by atomic mass is 9.72. The second-order valence-corrected chi connectivity index (χ2v) is 2.80. The van der Waals surface area contributed by atoms with E-state index in [2.05, 4.69) is 18.7 Å². The summed E-state index contributed by atoms with van der Waals surface area (Å²) in [5.41, 5.74) is 1.47. The van der Waals surface area contributed by atoms with E-state index in [4.69, 9.17) is 0 Å². The van der Waals surface area contributed by atoms with Gasteiger partial charge in [0.1, 0.15) is 0 Å². The Morgan fingerprint density at radius 1 is 1.62 bits per heavy atom. The SMILES string of the molecule is C=C1CC2C=CCC12. The van der Waals surface area contributed by atoms with Gasteiger partial charge in [0.15, 0.2) is 0 Å². The van der Waals surface area contributed by atoms with Gasteiger partial charge in [0.25, 0.3) is 0 Å². The lowest BCUT2D eigenvalue weighted by Crippen LogP contribution is -2.22. The van der Waals surface area contributed by atoms with Gasteiger partial charge in [-0.3, -0.25) is 0 Å². The maximum absolute atomic E-state index is 3.96. The monoisotopic (exact) mass is 106 g/mol. The Kier molecular flexibility index (Phi) is 0.682. The molecule has 0 heteroatoms. The van der Waals surface area contributed by atoms with Gasteiger partial charge in [-0.15, -0.1) is 0 Å². The molecule has 0 aromatic heterocycles. The quantitative estimate of drug-likeness (QED) is 0.415. The summed E-state index contributed by atoms with van der Waals surface area (Å²) in [7, 11) is 0. The van der Waals surface area contributed by atoms with E-state index < -0.39 is 0 Å². The van der Waals surface area contributed by atoms with Crippen molar-refractivity contribution in [3.8, 4) is 0 Å². The molecule has 0 heterocycles. The van der Waals surface area contributed by atoms with Crippen LogP contribution in [-0.4, -0.2) is 0 Å². The largest absolute Gasteiger partial charge is 0.0995 e. The summed E-state index contributed by atoms with van der Waals surface area (Å²) >= 11 is 0. The first kappa shape index (κ1) is 4.37. The molecule has 0 amide bonds. The van der Waals surface area contributed by atoms with Gasteiger partial charge in [-0.2, -0.15) is 0 Å². The van der Waals surface area contributed by atoms with E-state index in [0.29, 0.717) is 0 Å². The molecule has 2 unspecified atom stereocenters. The molecule has 0 nitrogen and oxygen atoms in total. The Morgan fingerprint density at radius 2 is 2.50 bits per heavy atom. The molecule has 2 rings (SSSR count). The van der Waals surface area contributed by atoms with E-state index in [9.17, 15) is 0 Å². The zero-order chi connectivity index (χ0) is 5.56. The van der Waals surface area contributed by atoms with Crippen LogP contribution >= 0.6 is 0 Å². The minimum Gasteiger partial charge on any atom is -0.0995 e. The molecule has 2 aliphatic carbocycles. The van der Waals surface area contributed by atoms with Gasteiger partial charge < -0.3 is 0 Å². The van der Waals surface area contributed by atoms with Crippen LogP contribution in [0.25, 0.3) is 0 Å². The lowest BCUT2D eigenvalue weighted by molar-refractivity contribution is 0.368. The summed E-state index contributed by atoms with van der Waals surface area (Å²) in [6, 6.07) is 0. The van der Waals surface area contributed by atoms with Gasteiger partial charge in [-0.25, -0.2) is 0 Å². The standard InChI is InChI=1S/C8H10/c1-6-5-7-3-2-4-8(6)7/h2-3,7-8H,1,4-5H2. The summed E-state index contributed by atoms with van der Waals surface area (Å²) in [6.07, 6.45) is 7.15. The molecule has 42 valence electrons. The Labute approximate surface area is 49.9 Å². The average molecular weight is 106 g/mol. The van der Waals surface area contributed by atoms with E-state index in [-0.39, 0.29) is 0 Å². The van der Waals surface area contributed by atoms with Crippen molar-refractivity contribution in [2.45, 2.75) is 12.8 Å². The molecule has 0 bridgehead atoms. The van der Waals surface area contributed by atoms with Gasteiger partial charge in [0.2, 0.25) is 0 Å². The Balaban J connectivity index is 2.19. The van der Waals surface area contributed by atoms with Crippen LogP contribution in [-0.2, 0) is 0 Å². The lowest BCUT2D eigenvalue weighted by Gasteiger charge is -2.32. The zero-order valence-corrected chi connectivity index (χ0v) is 4.93. The Hall–Kier alpha value is -0.520. The van der Waals surface area contributed by atoms with Crippen molar-refractivity contribution in [1.29, 1.82) is 0 Å². The third kappa shape index (κ3) is 0.360. The van der Waals surface area contributed by atoms with Crippen molar-refractivity contribution in [3.05, 3.63) is 24.3 Å². The molecular formula is C8H10. The van der Waals surface area contributed by atoms with Crippen molar-refractivity contribution in [2.75, 3.05) is 0 Å². The fraction of sp³-hybridized carbons (Fsp3) is 0.500. The topological polar surface area (TPSA) is 0 Å². The number of hydrogen-bond donors (Lipinski definition) is 0.